The number of hydrogen-bond donors (Lipinski definition) is 3. The molecule has 9 heteroatoms. The van der Waals surface area contributed by atoms with Crippen molar-refractivity contribution in [1.29, 1.82) is 0 Å². The average molecular weight is 405 g/mol. The number of nitrogens with one attached hydrogen (secondary N) is 2. The summed E-state index contributed by atoms with van der Waals surface area (Å²) in [6, 6.07) is 3.71. The van der Waals surface area contributed by atoms with Gasteiger partial charge in [0.1, 0.15) is 11.9 Å². The van der Waals surface area contributed by atoms with Gasteiger partial charge in [0.05, 0.1) is 5.56 Å². The van der Waals surface area contributed by atoms with Crippen LogP contribution in [0.3, 0.4) is 0 Å². The lowest BCUT2D eigenvalue weighted by Gasteiger charge is -2.36. The van der Waals surface area contributed by atoms with Crippen molar-refractivity contribution in [3.63, 3.8) is 0 Å². The van der Waals surface area contributed by atoms with Crippen molar-refractivity contribution in [2.45, 2.75) is 31.7 Å². The molecule has 2 aliphatic heterocycles. The number of piperidine rings is 1. The van der Waals surface area contributed by atoms with Crippen LogP contribution in [0.2, 0.25) is 0 Å². The minimum Gasteiger partial charge on any atom is -0.369 e. The van der Waals surface area contributed by atoms with E-state index in [9.17, 15) is 18.8 Å². The molecule has 2 saturated heterocycles. The summed E-state index contributed by atoms with van der Waals surface area (Å²) in [5, 5.41) is 4.67. The lowest BCUT2D eigenvalue weighted by atomic mass is 10.1. The molecule has 2 aliphatic rings. The Kier molecular flexibility index (Phi) is 7.16. The summed E-state index contributed by atoms with van der Waals surface area (Å²) in [6.45, 7) is 5.14. The zero-order valence-corrected chi connectivity index (χ0v) is 16.5. The number of halogens is 1. The van der Waals surface area contributed by atoms with Crippen LogP contribution in [0.15, 0.2) is 18.2 Å². The minimum absolute atomic E-state index is 0.112. The first kappa shape index (κ1) is 21.2. The summed E-state index contributed by atoms with van der Waals surface area (Å²) in [5.74, 6) is -2.21. The molecule has 0 radical (unpaired) electrons. The molecule has 8 nitrogen and oxygen atoms in total. The van der Waals surface area contributed by atoms with Gasteiger partial charge >= 0.3 is 0 Å². The Labute approximate surface area is 169 Å². The van der Waals surface area contributed by atoms with Crippen molar-refractivity contribution in [3.05, 3.63) is 29.6 Å². The molecule has 2 fully saturated rings. The summed E-state index contributed by atoms with van der Waals surface area (Å²) in [4.78, 5) is 39.8. The number of benzene rings is 1. The van der Waals surface area contributed by atoms with Gasteiger partial charge in [-0.1, -0.05) is 0 Å². The van der Waals surface area contributed by atoms with E-state index >= 15 is 0 Å². The normalized spacial score (nSPS) is 20.5. The van der Waals surface area contributed by atoms with Crippen LogP contribution in [0, 0.1) is 5.82 Å². The zero-order valence-electron chi connectivity index (χ0n) is 16.5. The fourth-order valence-electron chi connectivity index (χ4n) is 3.66. The third kappa shape index (κ3) is 5.51. The summed E-state index contributed by atoms with van der Waals surface area (Å²) < 4.78 is 14.6. The molecule has 29 heavy (non-hydrogen) atoms. The Balaban J connectivity index is 1.55. The van der Waals surface area contributed by atoms with Gasteiger partial charge in [-0.3, -0.25) is 24.6 Å². The Hall–Kier alpha value is -2.52. The van der Waals surface area contributed by atoms with Crippen LogP contribution in [0.25, 0.3) is 0 Å². The Morgan fingerprint density at radius 2 is 1.97 bits per heavy atom. The predicted octanol–water partition coefficient (Wildman–Crippen LogP) is 0.222. The Bertz CT molecular complexity index is 764. The molecule has 0 spiro atoms. The maximum absolute atomic E-state index is 14.6. The highest BCUT2D eigenvalue weighted by Gasteiger charge is 2.29. The molecular formula is C20H28FN5O3. The molecule has 0 aliphatic carbocycles. The zero-order chi connectivity index (χ0) is 20.8. The van der Waals surface area contributed by atoms with Gasteiger partial charge in [-0.05, 0) is 50.6 Å². The van der Waals surface area contributed by atoms with Gasteiger partial charge in [0, 0.05) is 38.3 Å². The molecule has 2 heterocycles. The molecule has 1 aromatic rings. The summed E-state index contributed by atoms with van der Waals surface area (Å²) in [6.07, 6.45) is 2.47. The molecule has 158 valence electrons. The molecule has 1 aromatic carbocycles. The topological polar surface area (TPSA) is 108 Å². The minimum atomic E-state index is -0.827. The maximum Gasteiger partial charge on any atom is 0.254 e. The summed E-state index contributed by atoms with van der Waals surface area (Å²) >= 11 is 0. The van der Waals surface area contributed by atoms with E-state index in [1.54, 1.807) is 6.07 Å². The van der Waals surface area contributed by atoms with Gasteiger partial charge in [-0.25, -0.2) is 4.39 Å². The van der Waals surface area contributed by atoms with E-state index in [1.807, 2.05) is 0 Å². The van der Waals surface area contributed by atoms with Gasteiger partial charge in [0.15, 0.2) is 0 Å². The lowest BCUT2D eigenvalue weighted by molar-refractivity contribution is -0.134. The molecule has 0 aromatic heterocycles. The number of hydrogen-bond acceptors (Lipinski definition) is 6. The number of imide groups is 1. The molecule has 0 bridgehead atoms. The van der Waals surface area contributed by atoms with Gasteiger partial charge in [0.25, 0.3) is 5.91 Å². The number of rotatable bonds is 7. The van der Waals surface area contributed by atoms with Gasteiger partial charge in [-0.15, -0.1) is 0 Å². The molecule has 0 unspecified atom stereocenters. The SMILES string of the molecule is NCCCCN1CCN(c2ccc(C(=O)N[C@@H]3CCC(=O)NC3=O)c(F)c2)CC1. The van der Waals surface area contributed by atoms with Crippen molar-refractivity contribution in [3.8, 4) is 0 Å². The van der Waals surface area contributed by atoms with Crippen molar-refractivity contribution in [1.82, 2.24) is 15.5 Å². The quantitative estimate of drug-likeness (QED) is 0.443. The summed E-state index contributed by atoms with van der Waals surface area (Å²) in [5.41, 5.74) is 6.16. The van der Waals surface area contributed by atoms with Crippen LogP contribution in [-0.4, -0.2) is 67.9 Å². The fourth-order valence-corrected chi connectivity index (χ4v) is 3.66. The highest BCUT2D eigenvalue weighted by molar-refractivity contribution is 6.03. The standard InChI is InChI=1S/C20H28FN5O3/c21-16-13-14(26-11-9-25(10-12-26)8-2-1-7-22)3-4-15(16)19(28)23-17-5-6-18(27)24-20(17)29/h3-4,13,17H,1-2,5-12,22H2,(H,23,28)(H,24,27,29)/t17-/m1/s1. The molecular weight excluding hydrogens is 377 g/mol. The Morgan fingerprint density at radius 1 is 1.21 bits per heavy atom. The number of anilines is 1. The van der Waals surface area contributed by atoms with E-state index in [-0.39, 0.29) is 24.3 Å². The number of amides is 3. The first-order chi connectivity index (χ1) is 14.0. The van der Waals surface area contributed by atoms with Crippen LogP contribution in [0.5, 0.6) is 0 Å². The highest BCUT2D eigenvalue weighted by atomic mass is 19.1. The van der Waals surface area contributed by atoms with Crippen LogP contribution in [0.1, 0.15) is 36.0 Å². The van der Waals surface area contributed by atoms with E-state index in [1.165, 1.54) is 12.1 Å². The number of carbonyl (C=O) groups excluding carboxylic acids is 3. The third-order valence-corrected chi connectivity index (χ3v) is 5.41. The monoisotopic (exact) mass is 405 g/mol. The van der Waals surface area contributed by atoms with Crippen LogP contribution in [-0.2, 0) is 9.59 Å². The van der Waals surface area contributed by atoms with E-state index in [0.29, 0.717) is 6.54 Å². The van der Waals surface area contributed by atoms with E-state index in [0.717, 1.165) is 51.3 Å². The second-order valence-electron chi connectivity index (χ2n) is 7.47. The van der Waals surface area contributed by atoms with Crippen molar-refractivity contribution in [2.75, 3.05) is 44.2 Å². The molecule has 1 atom stereocenters. The Morgan fingerprint density at radius 3 is 2.62 bits per heavy atom. The van der Waals surface area contributed by atoms with Crippen LogP contribution < -0.4 is 21.3 Å². The molecule has 3 amide bonds. The van der Waals surface area contributed by atoms with Crippen LogP contribution >= 0.6 is 0 Å². The van der Waals surface area contributed by atoms with Gasteiger partial charge in [0.2, 0.25) is 11.8 Å². The van der Waals surface area contributed by atoms with Crippen molar-refractivity contribution in [2.24, 2.45) is 5.73 Å². The third-order valence-electron chi connectivity index (χ3n) is 5.41. The first-order valence-corrected chi connectivity index (χ1v) is 10.1. The fraction of sp³-hybridized carbons (Fsp3) is 0.550. The van der Waals surface area contributed by atoms with Crippen LogP contribution in [0.4, 0.5) is 10.1 Å². The van der Waals surface area contributed by atoms with Gasteiger partial charge < -0.3 is 16.0 Å². The molecule has 4 N–H and O–H groups in total. The molecule has 3 rings (SSSR count). The highest BCUT2D eigenvalue weighted by Crippen LogP contribution is 2.21. The number of piperazine rings is 1. The second kappa shape index (κ2) is 9.80. The number of carbonyl (C=O) groups is 3. The number of nitrogens with zero attached hydrogens (tertiary/aromatic N) is 2. The second-order valence-corrected chi connectivity index (χ2v) is 7.47. The largest absolute Gasteiger partial charge is 0.369 e. The first-order valence-electron chi connectivity index (χ1n) is 10.1. The summed E-state index contributed by atoms with van der Waals surface area (Å²) in [7, 11) is 0. The maximum atomic E-state index is 14.6. The van der Waals surface area contributed by atoms with Crippen molar-refractivity contribution < 1.29 is 18.8 Å². The van der Waals surface area contributed by atoms with Gasteiger partial charge in [-0.2, -0.15) is 0 Å². The average Bonchev–Trinajstić information content (AvgIpc) is 2.70. The number of nitrogens with two attached hydrogens (primary N) is 1. The van der Waals surface area contributed by atoms with E-state index in [2.05, 4.69) is 20.4 Å². The lowest BCUT2D eigenvalue weighted by Crippen LogP contribution is -2.52. The number of unbranched alkanes of at least 4 members (excludes halogenated alkanes) is 1. The van der Waals surface area contributed by atoms with E-state index in [4.69, 9.17) is 5.73 Å². The smallest absolute Gasteiger partial charge is 0.254 e. The molecule has 0 saturated carbocycles. The van der Waals surface area contributed by atoms with E-state index < -0.39 is 23.7 Å². The van der Waals surface area contributed by atoms with Crippen molar-refractivity contribution >= 4 is 23.4 Å². The predicted molar refractivity (Wildman–Crippen MR) is 107 cm³/mol.